The van der Waals surface area contributed by atoms with E-state index >= 15 is 0 Å². The number of hydrogen-bond acceptors (Lipinski definition) is 10. The SMILES string of the molecule is COc1nc(-c2cccc(-c3ccnc(-c4cc(OC)c5nc(CN[C@H]6CC[C@H](O)CC6)nn5c4)c3Cl)c2Cl)ccc1CNC1CCN(C(C)=O)CC1. The van der Waals surface area contributed by atoms with Crippen molar-refractivity contribution < 1.29 is 19.4 Å². The predicted octanol–water partition coefficient (Wildman–Crippen LogP) is 6.34. The summed E-state index contributed by atoms with van der Waals surface area (Å²) in [6.45, 7) is 4.25. The summed E-state index contributed by atoms with van der Waals surface area (Å²) in [5, 5.41) is 22.6. The molecule has 0 unspecified atom stereocenters. The Labute approximate surface area is 318 Å². The van der Waals surface area contributed by atoms with E-state index in [-0.39, 0.29) is 12.0 Å². The third-order valence-corrected chi connectivity index (χ3v) is 11.1. The van der Waals surface area contributed by atoms with Crippen molar-refractivity contribution in [3.8, 4) is 45.3 Å². The molecule has 0 radical (unpaired) electrons. The molecule has 0 bridgehead atoms. The number of halogens is 2. The van der Waals surface area contributed by atoms with Crippen LogP contribution in [0, 0.1) is 0 Å². The number of aromatic nitrogens is 5. The van der Waals surface area contributed by atoms with Crippen molar-refractivity contribution in [1.29, 1.82) is 0 Å². The van der Waals surface area contributed by atoms with E-state index in [9.17, 15) is 9.90 Å². The number of aliphatic hydroxyl groups excluding tert-OH is 1. The first kappa shape index (κ1) is 37.0. The predicted molar refractivity (Wildman–Crippen MR) is 205 cm³/mol. The molecular formula is C39H44Cl2N8O4. The lowest BCUT2D eigenvalue weighted by Crippen LogP contribution is -2.44. The van der Waals surface area contributed by atoms with E-state index in [1.54, 1.807) is 31.9 Å². The minimum atomic E-state index is -0.203. The minimum Gasteiger partial charge on any atom is -0.493 e. The fraction of sp³-hybridized carbons (Fsp3) is 0.410. The van der Waals surface area contributed by atoms with Gasteiger partial charge in [0.25, 0.3) is 0 Å². The Morgan fingerprint density at radius 2 is 1.60 bits per heavy atom. The van der Waals surface area contributed by atoms with Crippen molar-refractivity contribution in [3.63, 3.8) is 0 Å². The van der Waals surface area contributed by atoms with Crippen LogP contribution < -0.4 is 20.1 Å². The number of methoxy groups -OCH3 is 2. The number of fused-ring (bicyclic) bond motifs is 1. The Morgan fingerprint density at radius 1 is 0.887 bits per heavy atom. The molecular weight excluding hydrogens is 715 g/mol. The van der Waals surface area contributed by atoms with Gasteiger partial charge in [-0.3, -0.25) is 9.78 Å². The quantitative estimate of drug-likeness (QED) is 0.140. The van der Waals surface area contributed by atoms with E-state index in [2.05, 4.69) is 15.6 Å². The third-order valence-electron chi connectivity index (χ3n) is 10.3. The van der Waals surface area contributed by atoms with E-state index < -0.39 is 0 Å². The summed E-state index contributed by atoms with van der Waals surface area (Å²) < 4.78 is 13.2. The number of carbonyl (C=O) groups is 1. The third kappa shape index (κ3) is 8.12. The zero-order valence-electron chi connectivity index (χ0n) is 30.1. The molecule has 0 spiro atoms. The number of nitrogens with zero attached hydrogens (tertiary/aromatic N) is 6. The Morgan fingerprint density at radius 3 is 2.34 bits per heavy atom. The molecule has 1 saturated carbocycles. The Hall–Kier alpha value is -4.33. The van der Waals surface area contributed by atoms with Crippen LogP contribution in [0.3, 0.4) is 0 Å². The van der Waals surface area contributed by atoms with Crippen LogP contribution in [-0.2, 0) is 17.9 Å². The van der Waals surface area contributed by atoms with Gasteiger partial charge in [-0.15, -0.1) is 5.10 Å². The number of ether oxygens (including phenoxy) is 2. The molecule has 2 fully saturated rings. The van der Waals surface area contributed by atoms with Gasteiger partial charge >= 0.3 is 0 Å². The standard InChI is InChI=1S/C39H44Cl2N8O4/c1-23(50)48-17-14-27(15-18-48)43-20-24-7-12-32(45-39(24)53-3)31-6-4-5-29(35(31)40)30-13-16-42-37(36(30)41)25-19-33(52-2)38-46-34(47-49(38)22-25)21-44-26-8-10-28(51)11-9-26/h4-7,12-13,16,19,22,26-28,43-44,51H,8-11,14-15,17-18,20-21H2,1-3H3/t26-,28-. The number of pyridine rings is 3. The second-order valence-electron chi connectivity index (χ2n) is 13.7. The van der Waals surface area contributed by atoms with Crippen LogP contribution in [-0.4, -0.2) is 86.0 Å². The van der Waals surface area contributed by atoms with Crippen molar-refractivity contribution in [2.75, 3.05) is 27.3 Å². The van der Waals surface area contributed by atoms with E-state index in [0.29, 0.717) is 80.8 Å². The molecule has 53 heavy (non-hydrogen) atoms. The van der Waals surface area contributed by atoms with Crippen LogP contribution in [0.5, 0.6) is 11.6 Å². The number of hydrogen-bond donors (Lipinski definition) is 3. The topological polar surface area (TPSA) is 139 Å². The summed E-state index contributed by atoms with van der Waals surface area (Å²) >= 11 is 14.3. The normalized spacial score (nSPS) is 18.0. The van der Waals surface area contributed by atoms with Gasteiger partial charge in [-0.2, -0.15) is 0 Å². The summed E-state index contributed by atoms with van der Waals surface area (Å²) in [4.78, 5) is 27.8. The molecule has 1 saturated heterocycles. The molecule has 1 aliphatic heterocycles. The fourth-order valence-corrected chi connectivity index (χ4v) is 7.89. The number of piperidine rings is 1. The van der Waals surface area contributed by atoms with Crippen molar-refractivity contribution in [3.05, 3.63) is 76.3 Å². The van der Waals surface area contributed by atoms with Crippen molar-refractivity contribution in [2.45, 2.75) is 76.7 Å². The lowest BCUT2D eigenvalue weighted by atomic mass is 9.93. The monoisotopic (exact) mass is 758 g/mol. The second kappa shape index (κ2) is 16.4. The first-order chi connectivity index (χ1) is 25.7. The zero-order valence-corrected chi connectivity index (χ0v) is 31.6. The van der Waals surface area contributed by atoms with Gasteiger partial charge in [0.1, 0.15) is 0 Å². The van der Waals surface area contributed by atoms with Crippen LogP contribution in [0.4, 0.5) is 0 Å². The average molecular weight is 760 g/mol. The van der Waals surface area contributed by atoms with Crippen LogP contribution in [0.2, 0.25) is 10.0 Å². The number of carbonyl (C=O) groups excluding carboxylic acids is 1. The second-order valence-corrected chi connectivity index (χ2v) is 14.4. The number of nitrogens with one attached hydrogen (secondary N) is 2. The molecule has 1 amide bonds. The zero-order chi connectivity index (χ0) is 37.1. The minimum absolute atomic E-state index is 0.126. The van der Waals surface area contributed by atoms with E-state index in [1.165, 1.54) is 0 Å². The number of rotatable bonds is 11. The summed E-state index contributed by atoms with van der Waals surface area (Å²) in [7, 11) is 3.22. The van der Waals surface area contributed by atoms with Gasteiger partial charge in [0.15, 0.2) is 17.2 Å². The first-order valence-electron chi connectivity index (χ1n) is 18.0. The maximum Gasteiger partial charge on any atom is 0.219 e. The Bertz CT molecular complexity index is 2090. The molecule has 5 aromatic rings. The lowest BCUT2D eigenvalue weighted by molar-refractivity contribution is -0.129. The molecule has 278 valence electrons. The van der Waals surface area contributed by atoms with Gasteiger partial charge in [-0.1, -0.05) is 47.5 Å². The molecule has 1 aromatic carbocycles. The van der Waals surface area contributed by atoms with Gasteiger partial charge in [0, 0.05) is 78.9 Å². The molecule has 2 aliphatic rings. The number of aliphatic hydroxyl groups is 1. The van der Waals surface area contributed by atoms with Crippen LogP contribution in [0.25, 0.3) is 39.3 Å². The summed E-state index contributed by atoms with van der Waals surface area (Å²) in [6, 6.07) is 14.1. The van der Waals surface area contributed by atoms with Crippen molar-refractivity contribution in [1.82, 2.24) is 40.1 Å². The molecule has 7 rings (SSSR count). The highest BCUT2D eigenvalue weighted by Gasteiger charge is 2.23. The van der Waals surface area contributed by atoms with E-state index in [1.807, 2.05) is 53.6 Å². The van der Waals surface area contributed by atoms with Gasteiger partial charge in [0.05, 0.1) is 48.3 Å². The smallest absolute Gasteiger partial charge is 0.219 e. The largest absolute Gasteiger partial charge is 0.493 e. The number of benzene rings is 1. The fourth-order valence-electron chi connectivity index (χ4n) is 7.24. The van der Waals surface area contributed by atoms with Crippen molar-refractivity contribution >= 4 is 34.8 Å². The number of amides is 1. The van der Waals surface area contributed by atoms with Crippen molar-refractivity contribution in [2.24, 2.45) is 0 Å². The molecule has 4 aromatic heterocycles. The molecule has 14 heteroatoms. The van der Waals surface area contributed by atoms with Crippen LogP contribution in [0.15, 0.2) is 54.9 Å². The summed E-state index contributed by atoms with van der Waals surface area (Å²) in [6.07, 6.45) is 8.63. The molecule has 12 nitrogen and oxygen atoms in total. The van der Waals surface area contributed by atoms with Crippen LogP contribution >= 0.6 is 23.2 Å². The Kier molecular flexibility index (Phi) is 11.4. The van der Waals surface area contributed by atoms with Crippen LogP contribution in [0.1, 0.15) is 56.8 Å². The van der Waals surface area contributed by atoms with E-state index in [4.69, 9.17) is 47.7 Å². The highest BCUT2D eigenvalue weighted by molar-refractivity contribution is 6.39. The molecule has 0 atom stereocenters. The molecule has 3 N–H and O–H groups in total. The highest BCUT2D eigenvalue weighted by Crippen LogP contribution is 2.42. The maximum atomic E-state index is 11.7. The first-order valence-corrected chi connectivity index (χ1v) is 18.8. The van der Waals surface area contributed by atoms with E-state index in [0.717, 1.165) is 68.3 Å². The van der Waals surface area contributed by atoms with Gasteiger partial charge in [0.2, 0.25) is 11.8 Å². The Balaban J connectivity index is 1.12. The van der Waals surface area contributed by atoms with Gasteiger partial charge in [-0.25, -0.2) is 14.5 Å². The average Bonchev–Trinajstić information content (AvgIpc) is 3.60. The lowest BCUT2D eigenvalue weighted by Gasteiger charge is -2.31. The molecule has 1 aliphatic carbocycles. The number of likely N-dealkylation sites (tertiary alicyclic amines) is 1. The highest BCUT2D eigenvalue weighted by atomic mass is 35.5. The summed E-state index contributed by atoms with van der Waals surface area (Å²) in [5.41, 5.74) is 5.65. The van der Waals surface area contributed by atoms with Gasteiger partial charge < -0.3 is 30.1 Å². The van der Waals surface area contributed by atoms with Gasteiger partial charge in [-0.05, 0) is 56.7 Å². The molecule has 5 heterocycles. The maximum absolute atomic E-state index is 11.7. The summed E-state index contributed by atoms with van der Waals surface area (Å²) in [5.74, 6) is 1.83.